The summed E-state index contributed by atoms with van der Waals surface area (Å²) in [6.07, 6.45) is -2.52. The maximum absolute atomic E-state index is 14.4. The number of benzene rings is 1. The first-order chi connectivity index (χ1) is 18.2. The van der Waals surface area contributed by atoms with E-state index in [0.717, 1.165) is 6.07 Å². The van der Waals surface area contributed by atoms with Crippen LogP contribution in [-0.4, -0.2) is 67.7 Å². The Labute approximate surface area is 221 Å². The van der Waals surface area contributed by atoms with Crippen LogP contribution in [0.5, 0.6) is 0 Å². The SMILES string of the molecule is Cc1[nH]c(/C=C2\C(=O)Nc3ccc(F)c(F)c32)c(C)c1C(=O)NCC[C@@H](O)C[C@@H](O)CC(=O)NCP(=O)(O)O. The lowest BCUT2D eigenvalue weighted by Crippen LogP contribution is -2.31. The molecule has 0 fully saturated rings. The number of amides is 3. The Kier molecular flexibility index (Phi) is 9.41. The molecule has 12 nitrogen and oxygen atoms in total. The lowest BCUT2D eigenvalue weighted by Gasteiger charge is -2.16. The number of carbonyl (C=O) groups excluding carboxylic acids is 3. The Morgan fingerprint density at radius 1 is 1.13 bits per heavy atom. The fourth-order valence-electron chi connectivity index (χ4n) is 4.20. The van der Waals surface area contributed by atoms with Crippen LogP contribution in [0.1, 0.15) is 52.1 Å². The summed E-state index contributed by atoms with van der Waals surface area (Å²) >= 11 is 0. The zero-order chi connectivity index (χ0) is 29.1. The maximum Gasteiger partial charge on any atom is 0.344 e. The number of rotatable bonds is 11. The summed E-state index contributed by atoms with van der Waals surface area (Å²) in [5, 5.41) is 27.1. The van der Waals surface area contributed by atoms with Crippen LogP contribution in [0.25, 0.3) is 11.6 Å². The van der Waals surface area contributed by atoms with Crippen LogP contribution >= 0.6 is 7.60 Å². The van der Waals surface area contributed by atoms with Crippen molar-refractivity contribution in [2.75, 3.05) is 18.1 Å². The smallest absolute Gasteiger partial charge is 0.344 e. The van der Waals surface area contributed by atoms with Gasteiger partial charge in [-0.15, -0.1) is 0 Å². The van der Waals surface area contributed by atoms with Crippen molar-refractivity contribution in [3.05, 3.63) is 51.8 Å². The lowest BCUT2D eigenvalue weighted by molar-refractivity contribution is -0.123. The third-order valence-corrected chi connectivity index (χ3v) is 6.63. The van der Waals surface area contributed by atoms with E-state index in [2.05, 4.69) is 15.6 Å². The van der Waals surface area contributed by atoms with Crippen LogP contribution in [0.15, 0.2) is 12.1 Å². The van der Waals surface area contributed by atoms with E-state index in [1.807, 2.05) is 5.32 Å². The molecule has 39 heavy (non-hydrogen) atoms. The number of fused-ring (bicyclic) bond motifs is 1. The molecule has 1 aromatic heterocycles. The molecule has 0 radical (unpaired) electrons. The molecule has 0 unspecified atom stereocenters. The first kappa shape index (κ1) is 30.1. The highest BCUT2D eigenvalue weighted by Crippen LogP contribution is 2.36. The van der Waals surface area contributed by atoms with Crippen LogP contribution in [0.3, 0.4) is 0 Å². The van der Waals surface area contributed by atoms with Crippen LogP contribution in [-0.2, 0) is 14.2 Å². The molecule has 0 bridgehead atoms. The number of hydrogen-bond acceptors (Lipinski definition) is 6. The summed E-state index contributed by atoms with van der Waals surface area (Å²) < 4.78 is 38.9. The van der Waals surface area contributed by atoms with Crippen LogP contribution in [0, 0.1) is 25.5 Å². The highest BCUT2D eigenvalue weighted by molar-refractivity contribution is 7.51. The number of hydrogen-bond donors (Lipinski definition) is 8. The second-order valence-corrected chi connectivity index (χ2v) is 10.8. The Hall–Kier alpha value is -3.42. The molecule has 3 rings (SSSR count). The monoisotopic (exact) mass is 570 g/mol. The van der Waals surface area contributed by atoms with E-state index in [4.69, 9.17) is 9.79 Å². The zero-order valence-corrected chi connectivity index (χ0v) is 21.9. The minimum Gasteiger partial charge on any atom is -0.393 e. The van der Waals surface area contributed by atoms with Gasteiger partial charge in [-0.2, -0.15) is 0 Å². The average Bonchev–Trinajstić information content (AvgIpc) is 3.29. The van der Waals surface area contributed by atoms with Gasteiger partial charge in [0.05, 0.1) is 35.5 Å². The summed E-state index contributed by atoms with van der Waals surface area (Å²) in [5.41, 5.74) is 1.34. The second-order valence-electron chi connectivity index (χ2n) is 9.17. The summed E-state index contributed by atoms with van der Waals surface area (Å²) in [7, 11) is -4.43. The van der Waals surface area contributed by atoms with Crippen molar-refractivity contribution in [3.8, 4) is 0 Å². The van der Waals surface area contributed by atoms with E-state index in [0.29, 0.717) is 17.0 Å². The molecule has 0 spiro atoms. The molecule has 3 amide bonds. The van der Waals surface area contributed by atoms with E-state index < -0.39 is 61.9 Å². The van der Waals surface area contributed by atoms with E-state index in [1.54, 1.807) is 13.8 Å². The standard InChI is InChI=1S/C24H29F2N4O8P/c1-11-18(9-15-21-17(30-23(15)34)4-3-16(25)22(21)26)29-12(2)20(11)24(35)27-6-5-13(31)7-14(32)8-19(33)28-10-39(36,37)38/h3-4,9,13-14,29,31-32H,5-8,10H2,1-2H3,(H,27,35)(H,28,33)(H,30,34)(H2,36,37,38)/b15-9-/t13-,14-/m1/s1. The largest absolute Gasteiger partial charge is 0.393 e. The highest BCUT2D eigenvalue weighted by Gasteiger charge is 2.30. The first-order valence-electron chi connectivity index (χ1n) is 11.8. The maximum atomic E-state index is 14.4. The summed E-state index contributed by atoms with van der Waals surface area (Å²) in [6, 6.07) is 2.17. The molecule has 1 aliphatic heterocycles. The highest BCUT2D eigenvalue weighted by atomic mass is 31.2. The van der Waals surface area contributed by atoms with Crippen molar-refractivity contribution in [2.24, 2.45) is 0 Å². The third-order valence-electron chi connectivity index (χ3n) is 6.06. The molecule has 0 saturated heterocycles. The van der Waals surface area contributed by atoms with Crippen molar-refractivity contribution < 1.29 is 47.7 Å². The van der Waals surface area contributed by atoms with Gasteiger partial charge in [-0.05, 0) is 50.5 Å². The molecule has 2 aromatic rings. The molecule has 0 aliphatic carbocycles. The van der Waals surface area contributed by atoms with E-state index >= 15 is 0 Å². The Morgan fingerprint density at radius 2 is 1.82 bits per heavy atom. The molecule has 212 valence electrons. The first-order valence-corrected chi connectivity index (χ1v) is 13.6. The summed E-state index contributed by atoms with van der Waals surface area (Å²) in [4.78, 5) is 57.3. The normalized spacial score (nSPS) is 15.6. The van der Waals surface area contributed by atoms with Gasteiger partial charge < -0.3 is 40.9 Å². The minimum absolute atomic E-state index is 0.0118. The minimum atomic E-state index is -4.43. The number of aryl methyl sites for hydroxylation is 1. The lowest BCUT2D eigenvalue weighted by atomic mass is 10.0. The number of nitrogens with one attached hydrogen (secondary N) is 4. The fourth-order valence-corrected chi connectivity index (χ4v) is 4.58. The van der Waals surface area contributed by atoms with Gasteiger partial charge >= 0.3 is 7.60 Å². The summed E-state index contributed by atoms with van der Waals surface area (Å²) in [5.74, 6) is -4.18. The number of aliphatic hydroxyl groups excluding tert-OH is 2. The topological polar surface area (TPSA) is 201 Å². The van der Waals surface area contributed by atoms with Gasteiger partial charge in [-0.25, -0.2) is 8.78 Å². The molecular formula is C24H29F2N4O8P. The number of aromatic amines is 1. The van der Waals surface area contributed by atoms with Gasteiger partial charge in [0.1, 0.15) is 6.29 Å². The Bertz CT molecular complexity index is 1370. The average molecular weight is 570 g/mol. The number of aliphatic hydroxyl groups is 2. The zero-order valence-electron chi connectivity index (χ0n) is 21.0. The number of anilines is 1. The van der Waals surface area contributed by atoms with Crippen LogP contribution in [0.2, 0.25) is 0 Å². The van der Waals surface area contributed by atoms with Gasteiger partial charge in [0, 0.05) is 23.5 Å². The van der Waals surface area contributed by atoms with Crippen molar-refractivity contribution in [1.82, 2.24) is 15.6 Å². The van der Waals surface area contributed by atoms with E-state index in [1.165, 1.54) is 12.1 Å². The molecule has 8 N–H and O–H groups in total. The van der Waals surface area contributed by atoms with Crippen molar-refractivity contribution in [1.29, 1.82) is 0 Å². The number of carbonyl (C=O) groups is 3. The van der Waals surface area contributed by atoms with Gasteiger partial charge in [-0.1, -0.05) is 0 Å². The molecule has 0 saturated carbocycles. The molecule has 2 atom stereocenters. The Balaban J connectivity index is 1.59. The summed E-state index contributed by atoms with van der Waals surface area (Å²) in [6.45, 7) is 3.25. The molecule has 2 heterocycles. The number of H-pyrrole nitrogens is 1. The Morgan fingerprint density at radius 3 is 2.49 bits per heavy atom. The van der Waals surface area contributed by atoms with Crippen LogP contribution in [0.4, 0.5) is 14.5 Å². The number of aromatic nitrogens is 1. The predicted molar refractivity (Wildman–Crippen MR) is 136 cm³/mol. The molecule has 1 aromatic carbocycles. The molecule has 1 aliphatic rings. The molecule has 15 heteroatoms. The van der Waals surface area contributed by atoms with Crippen molar-refractivity contribution >= 4 is 42.7 Å². The van der Waals surface area contributed by atoms with Crippen molar-refractivity contribution in [2.45, 2.75) is 45.3 Å². The van der Waals surface area contributed by atoms with Gasteiger partial charge in [0.2, 0.25) is 5.91 Å². The predicted octanol–water partition coefficient (Wildman–Crippen LogP) is 1.28. The molecular weight excluding hydrogens is 541 g/mol. The van der Waals surface area contributed by atoms with Crippen LogP contribution < -0.4 is 16.0 Å². The fraction of sp³-hybridized carbons (Fsp3) is 0.375. The van der Waals surface area contributed by atoms with Gasteiger partial charge in [0.15, 0.2) is 11.6 Å². The van der Waals surface area contributed by atoms with Crippen molar-refractivity contribution in [3.63, 3.8) is 0 Å². The third kappa shape index (κ3) is 7.58. The van der Waals surface area contributed by atoms with Gasteiger partial charge in [0.25, 0.3) is 11.8 Å². The van der Waals surface area contributed by atoms with E-state index in [9.17, 15) is 37.9 Å². The number of halogens is 2. The second kappa shape index (κ2) is 12.2. The van der Waals surface area contributed by atoms with Gasteiger partial charge in [-0.3, -0.25) is 18.9 Å². The quantitative estimate of drug-likeness (QED) is 0.146. The van der Waals surface area contributed by atoms with E-state index in [-0.39, 0.29) is 41.8 Å².